The molecule has 0 spiro atoms. The molecule has 0 aromatic heterocycles. The maximum absolute atomic E-state index is 12.0. The highest BCUT2D eigenvalue weighted by Gasteiger charge is 2.09. The summed E-state index contributed by atoms with van der Waals surface area (Å²) in [5.41, 5.74) is 0.972. The predicted octanol–water partition coefficient (Wildman–Crippen LogP) is 3.58. The molecule has 1 N–H and O–H groups in total. The van der Waals surface area contributed by atoms with Gasteiger partial charge in [0.15, 0.2) is 0 Å². The molecule has 4 nitrogen and oxygen atoms in total. The van der Waals surface area contributed by atoms with E-state index in [0.29, 0.717) is 13.0 Å². The Morgan fingerprint density at radius 2 is 1.87 bits per heavy atom. The van der Waals surface area contributed by atoms with Gasteiger partial charge in [0.1, 0.15) is 18.1 Å². The van der Waals surface area contributed by atoms with Crippen LogP contribution in [0, 0.1) is 0 Å². The molecule has 0 aliphatic heterocycles. The summed E-state index contributed by atoms with van der Waals surface area (Å²) in [6.45, 7) is 2.33. The van der Waals surface area contributed by atoms with Crippen LogP contribution in [0.4, 0.5) is 0 Å². The zero-order chi connectivity index (χ0) is 16.7. The van der Waals surface area contributed by atoms with E-state index in [-0.39, 0.29) is 11.9 Å². The van der Waals surface area contributed by atoms with E-state index >= 15 is 0 Å². The molecule has 0 radical (unpaired) electrons. The van der Waals surface area contributed by atoms with Gasteiger partial charge in [-0.15, -0.1) is 0 Å². The highest BCUT2D eigenvalue weighted by atomic mass is 79.9. The molecule has 0 aliphatic carbocycles. The number of rotatable bonds is 7. The van der Waals surface area contributed by atoms with Crippen molar-refractivity contribution in [2.24, 2.45) is 0 Å². The molecule has 0 saturated carbocycles. The lowest BCUT2D eigenvalue weighted by Gasteiger charge is -2.15. The van der Waals surface area contributed by atoms with Gasteiger partial charge in [0.25, 0.3) is 0 Å². The van der Waals surface area contributed by atoms with E-state index in [4.69, 9.17) is 9.47 Å². The second-order valence-corrected chi connectivity index (χ2v) is 6.18. The molecule has 2 rings (SSSR count). The molecule has 1 amide bonds. The zero-order valence-electron chi connectivity index (χ0n) is 13.2. The van der Waals surface area contributed by atoms with Crippen molar-refractivity contribution < 1.29 is 14.3 Å². The Bertz CT molecular complexity index is 643. The van der Waals surface area contributed by atoms with Crippen molar-refractivity contribution in [2.75, 3.05) is 13.7 Å². The maximum atomic E-state index is 12.0. The van der Waals surface area contributed by atoms with Crippen LogP contribution in [0.25, 0.3) is 0 Å². The minimum atomic E-state index is -0.0724. The average Bonchev–Trinajstić information content (AvgIpc) is 2.53. The van der Waals surface area contributed by atoms with Crippen LogP contribution in [0.1, 0.15) is 12.5 Å². The SMILES string of the molecule is COc1ccc(OC[C@@H](C)NC(=O)Cc2cccc(Br)c2)cc1. The van der Waals surface area contributed by atoms with E-state index in [0.717, 1.165) is 21.5 Å². The van der Waals surface area contributed by atoms with Crippen LogP contribution < -0.4 is 14.8 Å². The first-order valence-corrected chi connectivity index (χ1v) is 8.17. The summed E-state index contributed by atoms with van der Waals surface area (Å²) < 4.78 is 11.7. The summed E-state index contributed by atoms with van der Waals surface area (Å²) in [4.78, 5) is 12.0. The number of halogens is 1. The summed E-state index contributed by atoms with van der Waals surface area (Å²) in [6, 6.07) is 15.0. The summed E-state index contributed by atoms with van der Waals surface area (Å²) in [5.74, 6) is 1.51. The third kappa shape index (κ3) is 5.94. The van der Waals surface area contributed by atoms with E-state index in [1.54, 1.807) is 7.11 Å². The lowest BCUT2D eigenvalue weighted by Crippen LogP contribution is -2.37. The van der Waals surface area contributed by atoms with Crippen LogP contribution in [-0.2, 0) is 11.2 Å². The Morgan fingerprint density at radius 1 is 1.17 bits per heavy atom. The maximum Gasteiger partial charge on any atom is 0.224 e. The molecular weight excluding hydrogens is 358 g/mol. The van der Waals surface area contributed by atoms with Gasteiger partial charge in [0, 0.05) is 4.47 Å². The van der Waals surface area contributed by atoms with Crippen molar-refractivity contribution in [3.05, 3.63) is 58.6 Å². The van der Waals surface area contributed by atoms with E-state index in [2.05, 4.69) is 21.2 Å². The fourth-order valence-electron chi connectivity index (χ4n) is 2.09. The largest absolute Gasteiger partial charge is 0.497 e. The summed E-state index contributed by atoms with van der Waals surface area (Å²) in [7, 11) is 1.62. The first-order valence-electron chi connectivity index (χ1n) is 7.37. The van der Waals surface area contributed by atoms with Gasteiger partial charge in [0.05, 0.1) is 19.6 Å². The number of benzene rings is 2. The van der Waals surface area contributed by atoms with Crippen LogP contribution >= 0.6 is 15.9 Å². The smallest absolute Gasteiger partial charge is 0.224 e. The first kappa shape index (κ1) is 17.3. The van der Waals surface area contributed by atoms with Crippen LogP contribution in [0.2, 0.25) is 0 Å². The average molecular weight is 378 g/mol. The van der Waals surface area contributed by atoms with Gasteiger partial charge in [-0.05, 0) is 48.9 Å². The minimum absolute atomic E-state index is 0.0195. The summed E-state index contributed by atoms with van der Waals surface area (Å²) in [5, 5.41) is 2.94. The number of nitrogens with one attached hydrogen (secondary N) is 1. The quantitative estimate of drug-likeness (QED) is 0.801. The van der Waals surface area contributed by atoms with Gasteiger partial charge in [-0.2, -0.15) is 0 Å². The number of methoxy groups -OCH3 is 1. The molecular formula is C18H20BrNO3. The summed E-state index contributed by atoms with van der Waals surface area (Å²) in [6.07, 6.45) is 0.353. The Morgan fingerprint density at radius 3 is 2.52 bits per heavy atom. The lowest BCUT2D eigenvalue weighted by atomic mass is 10.1. The number of amides is 1. The second kappa shape index (κ2) is 8.58. The number of hydrogen-bond acceptors (Lipinski definition) is 3. The van der Waals surface area contributed by atoms with Crippen molar-refractivity contribution in [3.8, 4) is 11.5 Å². The number of carbonyl (C=O) groups is 1. The van der Waals surface area contributed by atoms with E-state index < -0.39 is 0 Å². The second-order valence-electron chi connectivity index (χ2n) is 5.26. The fraction of sp³-hybridized carbons (Fsp3) is 0.278. The third-order valence-electron chi connectivity index (χ3n) is 3.22. The van der Waals surface area contributed by atoms with Gasteiger partial charge >= 0.3 is 0 Å². The molecule has 5 heteroatoms. The van der Waals surface area contributed by atoms with Crippen molar-refractivity contribution in [1.82, 2.24) is 5.32 Å². The van der Waals surface area contributed by atoms with E-state index in [1.165, 1.54) is 0 Å². The van der Waals surface area contributed by atoms with Gasteiger partial charge < -0.3 is 14.8 Å². The molecule has 0 bridgehead atoms. The Balaban J connectivity index is 1.77. The molecule has 23 heavy (non-hydrogen) atoms. The van der Waals surface area contributed by atoms with Crippen molar-refractivity contribution >= 4 is 21.8 Å². The molecule has 0 aliphatic rings. The standard InChI is InChI=1S/C18H20BrNO3/c1-13(12-23-17-8-6-16(22-2)7-9-17)20-18(21)11-14-4-3-5-15(19)10-14/h3-10,13H,11-12H2,1-2H3,(H,20,21)/t13-/m1/s1. The molecule has 0 unspecified atom stereocenters. The third-order valence-corrected chi connectivity index (χ3v) is 3.71. The van der Waals surface area contributed by atoms with Gasteiger partial charge in [-0.25, -0.2) is 0 Å². The molecule has 122 valence electrons. The predicted molar refractivity (Wildman–Crippen MR) is 93.9 cm³/mol. The lowest BCUT2D eigenvalue weighted by molar-refractivity contribution is -0.121. The first-order chi connectivity index (χ1) is 11.1. The zero-order valence-corrected chi connectivity index (χ0v) is 14.8. The van der Waals surface area contributed by atoms with Crippen molar-refractivity contribution in [1.29, 1.82) is 0 Å². The van der Waals surface area contributed by atoms with Crippen LogP contribution in [0.15, 0.2) is 53.0 Å². The monoisotopic (exact) mass is 377 g/mol. The molecule has 1 atom stereocenters. The van der Waals surface area contributed by atoms with Gasteiger partial charge in [-0.1, -0.05) is 28.1 Å². The van der Waals surface area contributed by atoms with Crippen molar-refractivity contribution in [3.63, 3.8) is 0 Å². The van der Waals surface area contributed by atoms with E-state index in [1.807, 2.05) is 55.5 Å². The van der Waals surface area contributed by atoms with E-state index in [9.17, 15) is 4.79 Å². The Hall–Kier alpha value is -2.01. The number of carbonyl (C=O) groups excluding carboxylic acids is 1. The minimum Gasteiger partial charge on any atom is -0.497 e. The Labute approximate surface area is 144 Å². The fourth-order valence-corrected chi connectivity index (χ4v) is 2.54. The molecule has 2 aromatic carbocycles. The molecule has 0 heterocycles. The number of hydrogen-bond donors (Lipinski definition) is 1. The van der Waals surface area contributed by atoms with Gasteiger partial charge in [0.2, 0.25) is 5.91 Å². The van der Waals surface area contributed by atoms with Gasteiger partial charge in [-0.3, -0.25) is 4.79 Å². The topological polar surface area (TPSA) is 47.6 Å². The van der Waals surface area contributed by atoms with Crippen molar-refractivity contribution in [2.45, 2.75) is 19.4 Å². The van der Waals surface area contributed by atoms with Crippen LogP contribution in [0.5, 0.6) is 11.5 Å². The Kier molecular flexibility index (Phi) is 6.47. The van der Waals surface area contributed by atoms with Crippen LogP contribution in [-0.4, -0.2) is 25.7 Å². The molecule has 0 fully saturated rings. The molecule has 0 saturated heterocycles. The summed E-state index contributed by atoms with van der Waals surface area (Å²) >= 11 is 3.40. The highest BCUT2D eigenvalue weighted by molar-refractivity contribution is 9.10. The normalized spacial score (nSPS) is 11.6. The molecule has 2 aromatic rings. The van der Waals surface area contributed by atoms with Crippen LogP contribution in [0.3, 0.4) is 0 Å². The highest BCUT2D eigenvalue weighted by Crippen LogP contribution is 2.17. The number of ether oxygens (including phenoxy) is 2.